The third-order valence-corrected chi connectivity index (χ3v) is 5.57. The molecule has 8 heteroatoms. The topological polar surface area (TPSA) is 88.4 Å². The van der Waals surface area contributed by atoms with Gasteiger partial charge in [-0.3, -0.25) is 4.79 Å². The number of aryl methyl sites for hydroxylation is 1. The van der Waals surface area contributed by atoms with Crippen molar-refractivity contribution in [2.45, 2.75) is 17.2 Å². The summed E-state index contributed by atoms with van der Waals surface area (Å²) < 4.78 is 28.6. The lowest BCUT2D eigenvalue weighted by Gasteiger charge is -2.02. The van der Waals surface area contributed by atoms with E-state index in [0.29, 0.717) is 4.88 Å². The Hall–Kier alpha value is -1.64. The van der Waals surface area contributed by atoms with Crippen LogP contribution in [0.5, 0.6) is 0 Å². The van der Waals surface area contributed by atoms with Crippen LogP contribution < -0.4 is 4.72 Å². The molecule has 6 nitrogen and oxygen atoms in total. The highest BCUT2D eigenvalue weighted by molar-refractivity contribution is 7.91. The fourth-order valence-corrected chi connectivity index (χ4v) is 4.07. The van der Waals surface area contributed by atoms with E-state index >= 15 is 0 Å². The number of aliphatic carboxylic acids is 1. The Morgan fingerprint density at radius 3 is 2.75 bits per heavy atom. The third kappa shape index (κ3) is 3.69. The monoisotopic (exact) mass is 314 g/mol. The first-order valence-electron chi connectivity index (χ1n) is 5.78. The number of nitrogens with one attached hydrogen (secondary N) is 1. The first-order chi connectivity index (χ1) is 9.37. The summed E-state index contributed by atoms with van der Waals surface area (Å²) in [5.41, 5.74) is 0.860. The summed E-state index contributed by atoms with van der Waals surface area (Å²) in [7, 11) is -1.74. The van der Waals surface area contributed by atoms with E-state index in [1.54, 1.807) is 0 Å². The largest absolute Gasteiger partial charge is 0.481 e. The molecule has 20 heavy (non-hydrogen) atoms. The molecule has 0 aromatic carbocycles. The Labute approximate surface area is 120 Å². The molecule has 0 aliphatic heterocycles. The number of carbonyl (C=O) groups is 1. The fraction of sp³-hybridized carbons (Fsp3) is 0.250. The van der Waals surface area contributed by atoms with Gasteiger partial charge in [-0.25, -0.2) is 13.1 Å². The van der Waals surface area contributed by atoms with Gasteiger partial charge >= 0.3 is 5.97 Å². The Balaban J connectivity index is 2.06. The summed E-state index contributed by atoms with van der Waals surface area (Å²) in [4.78, 5) is 11.1. The van der Waals surface area contributed by atoms with E-state index in [2.05, 4.69) is 4.72 Å². The molecule has 108 valence electrons. The molecule has 0 atom stereocenters. The van der Waals surface area contributed by atoms with Gasteiger partial charge in [-0.1, -0.05) is 0 Å². The van der Waals surface area contributed by atoms with Crippen molar-refractivity contribution in [1.29, 1.82) is 0 Å². The molecule has 0 fully saturated rings. The minimum Gasteiger partial charge on any atom is -0.481 e. The zero-order valence-electron chi connectivity index (χ0n) is 10.7. The van der Waals surface area contributed by atoms with Crippen LogP contribution in [0.3, 0.4) is 0 Å². The highest BCUT2D eigenvalue weighted by Crippen LogP contribution is 2.22. The van der Waals surface area contributed by atoms with Gasteiger partial charge in [0.15, 0.2) is 0 Å². The van der Waals surface area contributed by atoms with Gasteiger partial charge in [0, 0.05) is 30.9 Å². The van der Waals surface area contributed by atoms with Gasteiger partial charge in [0.05, 0.1) is 6.42 Å². The first kappa shape index (κ1) is 14.8. The van der Waals surface area contributed by atoms with Gasteiger partial charge < -0.3 is 9.67 Å². The lowest BCUT2D eigenvalue weighted by Crippen LogP contribution is -2.22. The zero-order valence-corrected chi connectivity index (χ0v) is 12.4. The Kier molecular flexibility index (Phi) is 4.26. The van der Waals surface area contributed by atoms with Crippen molar-refractivity contribution in [1.82, 2.24) is 9.29 Å². The van der Waals surface area contributed by atoms with Crippen LogP contribution in [0, 0.1) is 0 Å². The molecular weight excluding hydrogens is 300 g/mol. The summed E-state index contributed by atoms with van der Waals surface area (Å²) in [6.07, 6.45) is 3.49. The van der Waals surface area contributed by atoms with Gasteiger partial charge in [0.1, 0.15) is 4.21 Å². The van der Waals surface area contributed by atoms with Gasteiger partial charge in [-0.2, -0.15) is 0 Å². The Morgan fingerprint density at radius 1 is 1.40 bits per heavy atom. The van der Waals surface area contributed by atoms with E-state index < -0.39 is 16.0 Å². The smallest absolute Gasteiger partial charge is 0.308 e. The first-order valence-corrected chi connectivity index (χ1v) is 8.08. The Morgan fingerprint density at radius 2 is 2.15 bits per heavy atom. The minimum absolute atomic E-state index is 0.129. The van der Waals surface area contributed by atoms with E-state index in [1.807, 2.05) is 30.1 Å². The van der Waals surface area contributed by atoms with Crippen LogP contribution in [0.1, 0.15) is 10.4 Å². The van der Waals surface area contributed by atoms with Crippen LogP contribution in [0.4, 0.5) is 0 Å². The van der Waals surface area contributed by atoms with Crippen LogP contribution in [-0.2, 0) is 34.8 Å². The van der Waals surface area contributed by atoms with E-state index in [0.717, 1.165) is 16.9 Å². The molecule has 0 spiro atoms. The highest BCUT2D eigenvalue weighted by atomic mass is 32.2. The Bertz CT molecular complexity index is 715. The maximum atomic E-state index is 12.1. The molecular formula is C12H14N2O4S2. The average Bonchev–Trinajstić information content (AvgIpc) is 2.95. The lowest BCUT2D eigenvalue weighted by atomic mass is 10.3. The number of carboxylic acid groups (broad SMARTS) is 1. The molecule has 0 unspecified atom stereocenters. The third-order valence-electron chi connectivity index (χ3n) is 2.59. The summed E-state index contributed by atoms with van der Waals surface area (Å²) in [5.74, 6) is -0.979. The normalized spacial score (nSPS) is 11.7. The summed E-state index contributed by atoms with van der Waals surface area (Å²) in [5, 5.41) is 8.67. The second-order valence-electron chi connectivity index (χ2n) is 4.30. The number of thiophene rings is 1. The van der Waals surface area contributed by atoms with E-state index in [4.69, 9.17) is 5.11 Å². The molecule has 2 rings (SSSR count). The predicted molar refractivity (Wildman–Crippen MR) is 75.1 cm³/mol. The molecule has 0 amide bonds. The van der Waals surface area contributed by atoms with Crippen molar-refractivity contribution in [3.8, 4) is 0 Å². The van der Waals surface area contributed by atoms with Crippen molar-refractivity contribution in [3.63, 3.8) is 0 Å². The summed E-state index contributed by atoms with van der Waals surface area (Å²) >= 11 is 0.972. The van der Waals surface area contributed by atoms with Gasteiger partial charge in [0.2, 0.25) is 10.0 Å². The van der Waals surface area contributed by atoms with Crippen LogP contribution in [0.15, 0.2) is 34.8 Å². The molecule has 0 radical (unpaired) electrons. The molecule has 0 aliphatic rings. The molecule has 2 heterocycles. The second kappa shape index (κ2) is 5.78. The van der Waals surface area contributed by atoms with Crippen LogP contribution in [-0.4, -0.2) is 24.1 Å². The van der Waals surface area contributed by atoms with Crippen molar-refractivity contribution in [2.24, 2.45) is 7.05 Å². The number of rotatable bonds is 6. The quantitative estimate of drug-likeness (QED) is 0.838. The van der Waals surface area contributed by atoms with Gasteiger partial charge in [-0.05, 0) is 23.8 Å². The molecule has 0 bridgehead atoms. The van der Waals surface area contributed by atoms with Gasteiger partial charge in [-0.15, -0.1) is 11.3 Å². The van der Waals surface area contributed by atoms with E-state index in [1.165, 1.54) is 12.1 Å². The number of nitrogens with zero attached hydrogens (tertiary/aromatic N) is 1. The van der Waals surface area contributed by atoms with Crippen molar-refractivity contribution in [3.05, 3.63) is 41.0 Å². The zero-order chi connectivity index (χ0) is 14.8. The van der Waals surface area contributed by atoms with E-state index in [9.17, 15) is 13.2 Å². The molecule has 2 aromatic heterocycles. The minimum atomic E-state index is -3.60. The molecule has 0 saturated carbocycles. The van der Waals surface area contributed by atoms with Crippen molar-refractivity contribution < 1.29 is 18.3 Å². The van der Waals surface area contributed by atoms with Crippen LogP contribution in [0.25, 0.3) is 0 Å². The standard InChI is InChI=1S/C12H14N2O4S2/c1-14-5-4-9(8-14)7-13-20(17,18)12-3-2-10(19-12)6-11(15)16/h2-5,8,13H,6-7H2,1H3,(H,15,16). The predicted octanol–water partition coefficient (Wildman–Crippen LogP) is 1.19. The molecule has 0 aliphatic carbocycles. The maximum absolute atomic E-state index is 12.1. The summed E-state index contributed by atoms with van der Waals surface area (Å²) in [6, 6.07) is 4.78. The maximum Gasteiger partial charge on any atom is 0.308 e. The van der Waals surface area contributed by atoms with Crippen LogP contribution in [0.2, 0.25) is 0 Å². The average molecular weight is 314 g/mol. The SMILES string of the molecule is Cn1ccc(CNS(=O)(=O)c2ccc(CC(=O)O)s2)c1. The van der Waals surface area contributed by atoms with E-state index in [-0.39, 0.29) is 17.2 Å². The number of hydrogen-bond donors (Lipinski definition) is 2. The van der Waals surface area contributed by atoms with Crippen molar-refractivity contribution in [2.75, 3.05) is 0 Å². The van der Waals surface area contributed by atoms with Crippen LogP contribution >= 0.6 is 11.3 Å². The van der Waals surface area contributed by atoms with Crippen molar-refractivity contribution >= 4 is 27.3 Å². The fourth-order valence-electron chi connectivity index (χ4n) is 1.66. The molecule has 0 saturated heterocycles. The number of hydrogen-bond acceptors (Lipinski definition) is 4. The van der Waals surface area contributed by atoms with Gasteiger partial charge in [0.25, 0.3) is 0 Å². The number of carboxylic acids is 1. The second-order valence-corrected chi connectivity index (χ2v) is 7.46. The number of aromatic nitrogens is 1. The number of sulfonamides is 1. The summed E-state index contributed by atoms with van der Waals surface area (Å²) in [6.45, 7) is 0.204. The highest BCUT2D eigenvalue weighted by Gasteiger charge is 2.17. The molecule has 2 N–H and O–H groups in total. The lowest BCUT2D eigenvalue weighted by molar-refractivity contribution is -0.136. The molecule has 2 aromatic rings.